The first kappa shape index (κ1) is 19.5. The Morgan fingerprint density at radius 1 is 1.11 bits per heavy atom. The first-order chi connectivity index (χ1) is 13.1. The molecule has 0 aliphatic heterocycles. The van der Waals surface area contributed by atoms with Gasteiger partial charge < -0.3 is 9.88 Å². The molecule has 0 saturated heterocycles. The van der Waals surface area contributed by atoms with Crippen molar-refractivity contribution in [1.82, 2.24) is 9.55 Å². The van der Waals surface area contributed by atoms with E-state index in [1.165, 1.54) is 35.7 Å². The van der Waals surface area contributed by atoms with Crippen LogP contribution in [0.2, 0.25) is 0 Å². The van der Waals surface area contributed by atoms with Crippen LogP contribution in [0, 0.1) is 13.8 Å². The molecule has 0 aliphatic carbocycles. The topological polar surface area (TPSA) is 46.9 Å². The van der Waals surface area contributed by atoms with E-state index in [1.54, 1.807) is 0 Å². The van der Waals surface area contributed by atoms with E-state index in [0.29, 0.717) is 5.75 Å². The van der Waals surface area contributed by atoms with E-state index in [2.05, 4.69) is 36.7 Å². The van der Waals surface area contributed by atoms with Gasteiger partial charge in [-0.05, 0) is 55.7 Å². The number of carbonyl (C=O) groups excluding carboxylic acids is 1. The molecule has 1 heterocycles. The van der Waals surface area contributed by atoms with Gasteiger partial charge in [-0.15, -0.1) is 0 Å². The summed E-state index contributed by atoms with van der Waals surface area (Å²) in [6, 6.07) is 14.2. The molecule has 5 heteroatoms. The number of carbonyl (C=O) groups is 1. The summed E-state index contributed by atoms with van der Waals surface area (Å²) in [5.41, 5.74) is 5.39. The molecule has 0 saturated carbocycles. The zero-order chi connectivity index (χ0) is 19.2. The number of nitrogens with zero attached hydrogens (tertiary/aromatic N) is 2. The van der Waals surface area contributed by atoms with E-state index in [9.17, 15) is 4.79 Å². The van der Waals surface area contributed by atoms with Crippen molar-refractivity contribution in [2.24, 2.45) is 0 Å². The standard InChI is InChI=1S/C22H27N3OS/c1-4-5-8-13-25-20-10-7-6-9-19(20)24-22(25)27-15-21(26)23-18-12-11-16(2)17(3)14-18/h6-7,9-12,14H,4-5,8,13,15H2,1-3H3,(H,23,26). The second-order valence-corrected chi connectivity index (χ2v) is 7.82. The number of hydrogen-bond donors (Lipinski definition) is 1. The molecule has 0 atom stereocenters. The van der Waals surface area contributed by atoms with E-state index in [-0.39, 0.29) is 5.91 Å². The molecule has 1 amide bonds. The summed E-state index contributed by atoms with van der Waals surface area (Å²) < 4.78 is 2.25. The van der Waals surface area contributed by atoms with E-state index >= 15 is 0 Å². The maximum atomic E-state index is 12.4. The van der Waals surface area contributed by atoms with Gasteiger partial charge in [-0.3, -0.25) is 4.79 Å². The minimum absolute atomic E-state index is 0.00424. The molecule has 1 aromatic heterocycles. The molecule has 0 bridgehead atoms. The minimum Gasteiger partial charge on any atom is -0.325 e. The van der Waals surface area contributed by atoms with Crippen molar-refractivity contribution >= 4 is 34.4 Å². The first-order valence-electron chi connectivity index (χ1n) is 9.53. The largest absolute Gasteiger partial charge is 0.325 e. The van der Waals surface area contributed by atoms with Crippen LogP contribution in [0.1, 0.15) is 37.3 Å². The smallest absolute Gasteiger partial charge is 0.234 e. The van der Waals surface area contributed by atoms with Gasteiger partial charge in [0.2, 0.25) is 5.91 Å². The fraction of sp³-hybridized carbons (Fsp3) is 0.364. The number of aryl methyl sites for hydroxylation is 3. The van der Waals surface area contributed by atoms with E-state index in [4.69, 9.17) is 4.98 Å². The van der Waals surface area contributed by atoms with Gasteiger partial charge in [0.15, 0.2) is 5.16 Å². The zero-order valence-electron chi connectivity index (χ0n) is 16.3. The first-order valence-corrected chi connectivity index (χ1v) is 10.5. The summed E-state index contributed by atoms with van der Waals surface area (Å²) in [7, 11) is 0. The Labute approximate surface area is 165 Å². The van der Waals surface area contributed by atoms with Crippen LogP contribution in [-0.2, 0) is 11.3 Å². The number of para-hydroxylation sites is 2. The Morgan fingerprint density at radius 2 is 1.93 bits per heavy atom. The highest BCUT2D eigenvalue weighted by Crippen LogP contribution is 2.25. The molecule has 1 N–H and O–H groups in total. The Hall–Kier alpha value is -2.27. The number of nitrogens with one attached hydrogen (secondary N) is 1. The third kappa shape index (κ3) is 4.92. The van der Waals surface area contributed by atoms with Crippen LogP contribution >= 0.6 is 11.8 Å². The molecule has 3 aromatic rings. The zero-order valence-corrected chi connectivity index (χ0v) is 17.1. The van der Waals surface area contributed by atoms with Crippen LogP contribution in [0.3, 0.4) is 0 Å². The van der Waals surface area contributed by atoms with Crippen molar-refractivity contribution in [2.75, 3.05) is 11.1 Å². The maximum Gasteiger partial charge on any atom is 0.234 e. The SMILES string of the molecule is CCCCCn1c(SCC(=O)Nc2ccc(C)c(C)c2)nc2ccccc21. The van der Waals surface area contributed by atoms with Crippen LogP contribution in [-0.4, -0.2) is 21.2 Å². The highest BCUT2D eigenvalue weighted by molar-refractivity contribution is 7.99. The summed E-state index contributed by atoms with van der Waals surface area (Å²) >= 11 is 1.51. The Kier molecular flexibility index (Phi) is 6.56. The van der Waals surface area contributed by atoms with E-state index < -0.39 is 0 Å². The number of hydrogen-bond acceptors (Lipinski definition) is 3. The van der Waals surface area contributed by atoms with Crippen LogP contribution in [0.15, 0.2) is 47.6 Å². The van der Waals surface area contributed by atoms with E-state index in [1.807, 2.05) is 36.4 Å². The number of benzene rings is 2. The second kappa shape index (κ2) is 9.09. The normalized spacial score (nSPS) is 11.1. The third-order valence-electron chi connectivity index (χ3n) is 4.73. The Morgan fingerprint density at radius 3 is 2.70 bits per heavy atom. The fourth-order valence-electron chi connectivity index (χ4n) is 3.05. The average molecular weight is 382 g/mol. The number of amides is 1. The van der Waals surface area contributed by atoms with Gasteiger partial charge in [-0.1, -0.05) is 49.7 Å². The average Bonchev–Trinajstić information content (AvgIpc) is 3.01. The molecule has 27 heavy (non-hydrogen) atoms. The molecule has 3 rings (SSSR count). The van der Waals surface area contributed by atoms with Crippen molar-refractivity contribution in [3.05, 3.63) is 53.6 Å². The molecule has 0 radical (unpaired) electrons. The van der Waals surface area contributed by atoms with Crippen LogP contribution < -0.4 is 5.32 Å². The monoisotopic (exact) mass is 381 g/mol. The van der Waals surface area contributed by atoms with Crippen LogP contribution in [0.25, 0.3) is 11.0 Å². The predicted molar refractivity (Wildman–Crippen MR) is 115 cm³/mol. The summed E-state index contributed by atoms with van der Waals surface area (Å²) in [4.78, 5) is 17.1. The number of thioether (sulfide) groups is 1. The number of anilines is 1. The lowest BCUT2D eigenvalue weighted by Gasteiger charge is -2.10. The lowest BCUT2D eigenvalue weighted by atomic mass is 10.1. The van der Waals surface area contributed by atoms with Crippen LogP contribution in [0.4, 0.5) is 5.69 Å². The lowest BCUT2D eigenvalue weighted by Crippen LogP contribution is -2.14. The van der Waals surface area contributed by atoms with Gasteiger partial charge in [0, 0.05) is 12.2 Å². The molecule has 0 aliphatic rings. The number of fused-ring (bicyclic) bond motifs is 1. The summed E-state index contributed by atoms with van der Waals surface area (Å²) in [6.07, 6.45) is 3.51. The molecular formula is C22H27N3OS. The van der Waals surface area contributed by atoms with Gasteiger partial charge in [-0.25, -0.2) is 4.98 Å². The van der Waals surface area contributed by atoms with Crippen molar-refractivity contribution in [3.63, 3.8) is 0 Å². The van der Waals surface area contributed by atoms with Gasteiger partial charge >= 0.3 is 0 Å². The molecule has 0 fully saturated rings. The summed E-state index contributed by atoms with van der Waals surface area (Å²) in [6.45, 7) is 7.27. The Balaban J connectivity index is 1.69. The Bertz CT molecular complexity index is 932. The number of imidazole rings is 1. The van der Waals surface area contributed by atoms with Crippen molar-refractivity contribution in [1.29, 1.82) is 0 Å². The van der Waals surface area contributed by atoms with Crippen molar-refractivity contribution in [2.45, 2.75) is 51.7 Å². The van der Waals surface area contributed by atoms with Crippen LogP contribution in [0.5, 0.6) is 0 Å². The highest BCUT2D eigenvalue weighted by atomic mass is 32.2. The number of rotatable bonds is 8. The number of unbranched alkanes of at least 4 members (excludes halogenated alkanes) is 2. The maximum absolute atomic E-state index is 12.4. The van der Waals surface area contributed by atoms with Gasteiger partial charge in [-0.2, -0.15) is 0 Å². The third-order valence-corrected chi connectivity index (χ3v) is 5.70. The molecule has 0 unspecified atom stereocenters. The quantitative estimate of drug-likeness (QED) is 0.410. The van der Waals surface area contributed by atoms with Gasteiger partial charge in [0.25, 0.3) is 0 Å². The summed E-state index contributed by atoms with van der Waals surface area (Å²) in [5, 5.41) is 3.91. The molecule has 2 aromatic carbocycles. The second-order valence-electron chi connectivity index (χ2n) is 6.88. The highest BCUT2D eigenvalue weighted by Gasteiger charge is 2.13. The molecule has 0 spiro atoms. The minimum atomic E-state index is -0.00424. The molecule has 142 valence electrons. The molecular weight excluding hydrogens is 354 g/mol. The van der Waals surface area contributed by atoms with Gasteiger partial charge in [0.1, 0.15) is 0 Å². The van der Waals surface area contributed by atoms with Gasteiger partial charge in [0.05, 0.1) is 16.8 Å². The number of aromatic nitrogens is 2. The lowest BCUT2D eigenvalue weighted by molar-refractivity contribution is -0.113. The predicted octanol–water partition coefficient (Wildman–Crippen LogP) is 5.57. The van der Waals surface area contributed by atoms with Crippen molar-refractivity contribution < 1.29 is 4.79 Å². The van der Waals surface area contributed by atoms with E-state index in [0.717, 1.165) is 34.8 Å². The fourth-order valence-corrected chi connectivity index (χ4v) is 3.89. The van der Waals surface area contributed by atoms with Crippen molar-refractivity contribution in [3.8, 4) is 0 Å². The summed E-state index contributed by atoms with van der Waals surface area (Å²) in [5.74, 6) is 0.347. The molecule has 4 nitrogen and oxygen atoms in total.